The zero-order valence-electron chi connectivity index (χ0n) is 7.21. The van der Waals surface area contributed by atoms with Crippen molar-refractivity contribution in [3.05, 3.63) is 0 Å². The average molecular weight is 213 g/mol. The zero-order chi connectivity index (χ0) is 9.41. The second kappa shape index (κ2) is 3.16. The molecule has 72 valence electrons. The maximum absolute atomic E-state index is 11.1. The van der Waals surface area contributed by atoms with Crippen LogP contribution in [0.4, 0.5) is 0 Å². The van der Waals surface area contributed by atoms with E-state index in [1.165, 1.54) is 0 Å². The summed E-state index contributed by atoms with van der Waals surface area (Å²) in [5, 5.41) is 0. The maximum Gasteiger partial charge on any atom is 0.240 e. The van der Waals surface area contributed by atoms with Crippen molar-refractivity contribution >= 4 is 19.7 Å². The molecule has 0 aromatic carbocycles. The first kappa shape index (κ1) is 10.3. The molecule has 0 radical (unpaired) electrons. The Bertz CT molecular complexity index is 256. The van der Waals surface area contributed by atoms with Gasteiger partial charge in [0.1, 0.15) is 4.75 Å². The molecule has 3 nitrogen and oxygen atoms in total. The van der Waals surface area contributed by atoms with Crippen molar-refractivity contribution in [2.75, 3.05) is 6.61 Å². The molecule has 12 heavy (non-hydrogen) atoms. The molecule has 0 aliphatic heterocycles. The first-order valence-corrected chi connectivity index (χ1v) is 6.31. The van der Waals surface area contributed by atoms with Crippen molar-refractivity contribution in [2.24, 2.45) is 0 Å². The second-order valence-electron chi connectivity index (χ2n) is 3.10. The molecule has 0 saturated heterocycles. The highest BCUT2D eigenvalue weighted by molar-refractivity contribution is 8.15. The number of hydrogen-bond acceptors (Lipinski definition) is 3. The average Bonchev–Trinajstić information content (AvgIpc) is 2.63. The summed E-state index contributed by atoms with van der Waals surface area (Å²) in [4.78, 5) is 0. The first-order chi connectivity index (χ1) is 5.44. The Morgan fingerprint density at radius 2 is 2.08 bits per heavy atom. The van der Waals surface area contributed by atoms with Gasteiger partial charge in [-0.2, -0.15) is 0 Å². The smallest absolute Gasteiger partial charge is 0.240 e. The normalized spacial score (nSPS) is 23.6. The number of halogens is 1. The van der Waals surface area contributed by atoms with Gasteiger partial charge in [0, 0.05) is 17.3 Å². The highest BCUT2D eigenvalue weighted by atomic mass is 35.7. The Morgan fingerprint density at radius 3 is 2.33 bits per heavy atom. The quantitative estimate of drug-likeness (QED) is 0.664. The topological polar surface area (TPSA) is 43.4 Å². The predicted molar refractivity (Wildman–Crippen MR) is 47.8 cm³/mol. The monoisotopic (exact) mass is 212 g/mol. The van der Waals surface area contributed by atoms with Gasteiger partial charge in [-0.05, 0) is 26.7 Å². The molecule has 0 aromatic heterocycles. The molecular formula is C7H13ClO3S. The Hall–Kier alpha value is 0.200. The van der Waals surface area contributed by atoms with Gasteiger partial charge in [0.15, 0.2) is 0 Å². The lowest BCUT2D eigenvalue weighted by molar-refractivity contribution is 0.0680. The molecule has 0 heterocycles. The van der Waals surface area contributed by atoms with Crippen LogP contribution >= 0.6 is 10.7 Å². The van der Waals surface area contributed by atoms with Crippen LogP contribution in [0.2, 0.25) is 0 Å². The van der Waals surface area contributed by atoms with Gasteiger partial charge in [0.2, 0.25) is 9.05 Å². The molecule has 1 atom stereocenters. The van der Waals surface area contributed by atoms with Gasteiger partial charge in [-0.1, -0.05) is 0 Å². The van der Waals surface area contributed by atoms with Crippen LogP contribution in [0, 0.1) is 0 Å². The van der Waals surface area contributed by atoms with E-state index in [1.807, 2.05) is 6.92 Å². The van der Waals surface area contributed by atoms with Crippen molar-refractivity contribution in [3.8, 4) is 0 Å². The summed E-state index contributed by atoms with van der Waals surface area (Å²) in [5.41, 5.74) is 0. The zero-order valence-corrected chi connectivity index (χ0v) is 8.78. The van der Waals surface area contributed by atoms with E-state index in [0.29, 0.717) is 19.4 Å². The number of rotatable bonds is 4. The SMILES string of the molecule is CCOC(C)C1(S(=O)(=O)Cl)CC1. The summed E-state index contributed by atoms with van der Waals surface area (Å²) in [6, 6.07) is 0. The molecule has 1 fully saturated rings. The number of hydrogen-bond donors (Lipinski definition) is 0. The Kier molecular flexibility index (Phi) is 2.71. The van der Waals surface area contributed by atoms with E-state index >= 15 is 0 Å². The van der Waals surface area contributed by atoms with Gasteiger partial charge in [0.25, 0.3) is 0 Å². The molecule has 0 N–H and O–H groups in total. The Morgan fingerprint density at radius 1 is 1.58 bits per heavy atom. The lowest BCUT2D eigenvalue weighted by Gasteiger charge is -2.19. The summed E-state index contributed by atoms with van der Waals surface area (Å²) in [6.07, 6.45) is 0.963. The highest BCUT2D eigenvalue weighted by Crippen LogP contribution is 2.49. The molecule has 1 aliphatic rings. The molecule has 1 aliphatic carbocycles. The van der Waals surface area contributed by atoms with Gasteiger partial charge in [-0.3, -0.25) is 0 Å². The third kappa shape index (κ3) is 1.60. The summed E-state index contributed by atoms with van der Waals surface area (Å²) in [7, 11) is 1.84. The van der Waals surface area contributed by atoms with Crippen LogP contribution in [0.1, 0.15) is 26.7 Å². The molecule has 0 aromatic rings. The van der Waals surface area contributed by atoms with E-state index in [-0.39, 0.29) is 6.10 Å². The van der Waals surface area contributed by atoms with Gasteiger partial charge in [-0.25, -0.2) is 8.42 Å². The highest BCUT2D eigenvalue weighted by Gasteiger charge is 2.58. The molecule has 0 bridgehead atoms. The fourth-order valence-corrected chi connectivity index (χ4v) is 3.27. The third-order valence-electron chi connectivity index (χ3n) is 2.39. The standard InChI is InChI=1S/C7H13ClO3S/c1-3-11-6(2)7(4-5-7)12(8,9)10/h6H,3-5H2,1-2H3. The molecular weight excluding hydrogens is 200 g/mol. The molecule has 0 spiro atoms. The predicted octanol–water partition coefficient (Wildman–Crippen LogP) is 1.51. The molecule has 1 unspecified atom stereocenters. The van der Waals surface area contributed by atoms with Gasteiger partial charge in [-0.15, -0.1) is 0 Å². The van der Waals surface area contributed by atoms with Crippen LogP contribution in [0.15, 0.2) is 0 Å². The fraction of sp³-hybridized carbons (Fsp3) is 1.00. The van der Waals surface area contributed by atoms with E-state index in [9.17, 15) is 8.42 Å². The van der Waals surface area contributed by atoms with Crippen LogP contribution in [0.5, 0.6) is 0 Å². The van der Waals surface area contributed by atoms with E-state index in [0.717, 1.165) is 0 Å². The van der Waals surface area contributed by atoms with E-state index < -0.39 is 13.8 Å². The van der Waals surface area contributed by atoms with Crippen LogP contribution in [0.3, 0.4) is 0 Å². The maximum atomic E-state index is 11.1. The van der Waals surface area contributed by atoms with Gasteiger partial charge < -0.3 is 4.74 Å². The Balaban J connectivity index is 2.73. The van der Waals surface area contributed by atoms with Crippen LogP contribution < -0.4 is 0 Å². The summed E-state index contributed by atoms with van der Waals surface area (Å²) in [6.45, 7) is 4.12. The van der Waals surface area contributed by atoms with Gasteiger partial charge in [0.05, 0.1) is 6.10 Å². The van der Waals surface area contributed by atoms with E-state index in [1.54, 1.807) is 6.92 Å². The first-order valence-electron chi connectivity index (χ1n) is 4.00. The molecule has 5 heteroatoms. The lowest BCUT2D eigenvalue weighted by Crippen LogP contribution is -2.33. The minimum atomic E-state index is -3.47. The fourth-order valence-electron chi connectivity index (χ4n) is 1.37. The summed E-state index contributed by atoms with van der Waals surface area (Å²) < 4.78 is 26.7. The van der Waals surface area contributed by atoms with Crippen LogP contribution in [0.25, 0.3) is 0 Å². The Labute approximate surface area is 77.5 Å². The molecule has 1 rings (SSSR count). The van der Waals surface area contributed by atoms with E-state index in [4.69, 9.17) is 15.4 Å². The molecule has 0 amide bonds. The minimum absolute atomic E-state index is 0.287. The number of ether oxygens (including phenoxy) is 1. The second-order valence-corrected chi connectivity index (χ2v) is 6.01. The van der Waals surface area contributed by atoms with Gasteiger partial charge >= 0.3 is 0 Å². The molecule has 1 saturated carbocycles. The van der Waals surface area contributed by atoms with Crippen molar-refractivity contribution in [2.45, 2.75) is 37.5 Å². The lowest BCUT2D eigenvalue weighted by atomic mass is 10.2. The summed E-state index contributed by atoms with van der Waals surface area (Å²) >= 11 is 0. The summed E-state index contributed by atoms with van der Waals surface area (Å²) in [5.74, 6) is 0. The van der Waals surface area contributed by atoms with Crippen molar-refractivity contribution in [1.29, 1.82) is 0 Å². The van der Waals surface area contributed by atoms with Crippen LogP contribution in [-0.2, 0) is 13.8 Å². The van der Waals surface area contributed by atoms with Crippen molar-refractivity contribution in [1.82, 2.24) is 0 Å². The third-order valence-corrected chi connectivity index (χ3v) is 5.02. The minimum Gasteiger partial charge on any atom is -0.377 e. The van der Waals surface area contributed by atoms with Crippen molar-refractivity contribution < 1.29 is 13.2 Å². The van der Waals surface area contributed by atoms with Crippen LogP contribution in [-0.4, -0.2) is 25.9 Å². The van der Waals surface area contributed by atoms with Crippen molar-refractivity contribution in [3.63, 3.8) is 0 Å². The largest absolute Gasteiger partial charge is 0.377 e. The van der Waals surface area contributed by atoms with E-state index in [2.05, 4.69) is 0 Å².